The van der Waals surface area contributed by atoms with E-state index in [9.17, 15) is 22.4 Å². The van der Waals surface area contributed by atoms with Gasteiger partial charge in [0.15, 0.2) is 0 Å². The Kier molecular flexibility index (Phi) is 7.67. The molecule has 0 heterocycles. The highest BCUT2D eigenvalue weighted by Gasteiger charge is 2.38. The van der Waals surface area contributed by atoms with E-state index < -0.39 is 18.0 Å². The van der Waals surface area contributed by atoms with Crippen LogP contribution in [0.3, 0.4) is 0 Å². The Bertz CT molecular complexity index is 509. The van der Waals surface area contributed by atoms with E-state index in [1.165, 1.54) is 18.2 Å². The first-order chi connectivity index (χ1) is 9.57. The molecule has 1 aromatic carbocycles. The molecule has 0 aromatic heterocycles. The molecule has 10 heteroatoms. The number of rotatable bonds is 3. The van der Waals surface area contributed by atoms with Gasteiger partial charge < -0.3 is 15.7 Å². The molecule has 21 heavy (non-hydrogen) atoms. The number of hydrogen-bond acceptors (Lipinski definition) is 3. The minimum Gasteiger partial charge on any atom is -0.475 e. The van der Waals surface area contributed by atoms with E-state index in [-0.39, 0.29) is 18.1 Å². The zero-order valence-electron chi connectivity index (χ0n) is 10.6. The fourth-order valence-electron chi connectivity index (χ4n) is 0.948. The molecule has 1 amide bonds. The summed E-state index contributed by atoms with van der Waals surface area (Å²) in [6.07, 6.45) is -5.08. The first kappa shape index (κ1) is 19.1. The maximum absolute atomic E-state index is 12.8. The summed E-state index contributed by atoms with van der Waals surface area (Å²) < 4.78 is 44.5. The van der Waals surface area contributed by atoms with Crippen molar-refractivity contribution in [3.05, 3.63) is 29.0 Å². The fraction of sp³-hybridized carbons (Fsp3) is 0.273. The number of carbonyl (C=O) groups is 2. The molecule has 0 unspecified atom stereocenters. The minimum absolute atomic E-state index is 0.160. The number of likely N-dealkylation sites (N-methyl/N-ethyl adjacent to an activating group) is 1. The molecule has 0 bridgehead atoms. The van der Waals surface area contributed by atoms with Gasteiger partial charge in [-0.2, -0.15) is 13.2 Å². The average molecular weight is 331 g/mol. The van der Waals surface area contributed by atoms with Crippen molar-refractivity contribution in [2.24, 2.45) is 0 Å². The molecule has 5 nitrogen and oxygen atoms in total. The fourth-order valence-corrected chi connectivity index (χ4v) is 1.11. The third-order valence-electron chi connectivity index (χ3n) is 1.78. The van der Waals surface area contributed by atoms with Crippen molar-refractivity contribution < 1.29 is 32.3 Å². The Hall–Kier alpha value is -1.87. The Morgan fingerprint density at radius 1 is 1.33 bits per heavy atom. The van der Waals surface area contributed by atoms with Crippen LogP contribution in [0.4, 0.5) is 23.2 Å². The summed E-state index contributed by atoms with van der Waals surface area (Å²) in [6.45, 7) is 0.160. The third-order valence-corrected chi connectivity index (χ3v) is 2.11. The van der Waals surface area contributed by atoms with Gasteiger partial charge in [0.25, 0.3) is 0 Å². The first-order valence-electron chi connectivity index (χ1n) is 5.27. The molecule has 1 rings (SSSR count). The number of carbonyl (C=O) groups excluding carboxylic acids is 1. The van der Waals surface area contributed by atoms with Crippen LogP contribution in [0.5, 0.6) is 0 Å². The molecule has 0 spiro atoms. The zero-order chi connectivity index (χ0) is 16.6. The van der Waals surface area contributed by atoms with Gasteiger partial charge in [0, 0.05) is 0 Å². The normalized spacial score (nSPS) is 10.4. The highest BCUT2D eigenvalue weighted by Crippen LogP contribution is 2.22. The van der Waals surface area contributed by atoms with Crippen LogP contribution in [-0.4, -0.2) is 36.8 Å². The van der Waals surface area contributed by atoms with Gasteiger partial charge in [-0.1, -0.05) is 11.6 Å². The zero-order valence-corrected chi connectivity index (χ0v) is 11.3. The van der Waals surface area contributed by atoms with Gasteiger partial charge in [-0.25, -0.2) is 9.18 Å². The Morgan fingerprint density at radius 2 is 1.86 bits per heavy atom. The summed E-state index contributed by atoms with van der Waals surface area (Å²) in [5.41, 5.74) is 0.284. The van der Waals surface area contributed by atoms with Crippen molar-refractivity contribution in [2.45, 2.75) is 6.18 Å². The number of aliphatic carboxylic acids is 1. The maximum atomic E-state index is 12.8. The maximum Gasteiger partial charge on any atom is 0.490 e. The topological polar surface area (TPSA) is 78.4 Å². The lowest BCUT2D eigenvalue weighted by Crippen LogP contribution is -2.25. The predicted octanol–water partition coefficient (Wildman–Crippen LogP) is 2.27. The van der Waals surface area contributed by atoms with Gasteiger partial charge in [-0.3, -0.25) is 4.79 Å². The molecule has 0 aliphatic heterocycles. The molecule has 0 aliphatic carbocycles. The molecule has 0 atom stereocenters. The number of alkyl halides is 3. The number of carboxylic acids is 1. The van der Waals surface area contributed by atoms with Gasteiger partial charge in [-0.15, -0.1) is 0 Å². The summed E-state index contributed by atoms with van der Waals surface area (Å²) in [4.78, 5) is 20.0. The smallest absolute Gasteiger partial charge is 0.475 e. The summed E-state index contributed by atoms with van der Waals surface area (Å²) in [5.74, 6) is -3.46. The quantitative estimate of drug-likeness (QED) is 0.743. The van der Waals surface area contributed by atoms with E-state index in [0.717, 1.165) is 0 Å². The number of carboxylic acid groups (broad SMARTS) is 1. The van der Waals surface area contributed by atoms with Crippen molar-refractivity contribution in [3.8, 4) is 0 Å². The van der Waals surface area contributed by atoms with Crippen molar-refractivity contribution >= 4 is 29.2 Å². The highest BCUT2D eigenvalue weighted by molar-refractivity contribution is 6.33. The van der Waals surface area contributed by atoms with Crippen molar-refractivity contribution in [1.82, 2.24) is 5.32 Å². The molecule has 1 aromatic rings. The van der Waals surface area contributed by atoms with Crippen molar-refractivity contribution in [1.29, 1.82) is 0 Å². The van der Waals surface area contributed by atoms with Gasteiger partial charge in [0.05, 0.1) is 17.3 Å². The Labute approximate surface area is 121 Å². The van der Waals surface area contributed by atoms with Crippen LogP contribution in [0.2, 0.25) is 5.02 Å². The van der Waals surface area contributed by atoms with Gasteiger partial charge in [-0.05, 0) is 25.2 Å². The summed E-state index contributed by atoms with van der Waals surface area (Å²) in [6, 6.07) is 3.80. The van der Waals surface area contributed by atoms with E-state index in [0.29, 0.717) is 5.02 Å². The van der Waals surface area contributed by atoms with Crippen LogP contribution in [0.15, 0.2) is 18.2 Å². The highest BCUT2D eigenvalue weighted by atomic mass is 35.5. The molecular weight excluding hydrogens is 320 g/mol. The van der Waals surface area contributed by atoms with E-state index in [2.05, 4.69) is 10.6 Å². The Morgan fingerprint density at radius 3 is 2.29 bits per heavy atom. The number of hydrogen-bond donors (Lipinski definition) is 3. The summed E-state index contributed by atoms with van der Waals surface area (Å²) in [7, 11) is 1.65. The molecule has 3 N–H and O–H groups in total. The number of amides is 1. The summed E-state index contributed by atoms with van der Waals surface area (Å²) in [5, 5.41) is 12.6. The Balaban J connectivity index is 0.000000486. The minimum atomic E-state index is -5.08. The van der Waals surface area contributed by atoms with Crippen molar-refractivity contribution in [2.75, 3.05) is 18.9 Å². The number of benzene rings is 1. The molecule has 0 saturated carbocycles. The van der Waals surface area contributed by atoms with Crippen LogP contribution >= 0.6 is 11.6 Å². The van der Waals surface area contributed by atoms with E-state index in [1.807, 2.05) is 0 Å². The number of nitrogens with one attached hydrogen (secondary N) is 2. The lowest BCUT2D eigenvalue weighted by Gasteiger charge is -2.06. The largest absolute Gasteiger partial charge is 0.490 e. The van der Waals surface area contributed by atoms with E-state index in [4.69, 9.17) is 21.5 Å². The monoisotopic (exact) mass is 330 g/mol. The number of halogens is 5. The third kappa shape index (κ3) is 8.10. The second-order valence-corrected chi connectivity index (χ2v) is 3.91. The van der Waals surface area contributed by atoms with Gasteiger partial charge in [0.1, 0.15) is 5.82 Å². The SMILES string of the molecule is CNCC(=O)Nc1cc(F)ccc1Cl.O=C(O)C(F)(F)F. The van der Waals surface area contributed by atoms with Gasteiger partial charge in [0.2, 0.25) is 5.91 Å². The second kappa shape index (κ2) is 8.42. The van der Waals surface area contributed by atoms with Crippen LogP contribution in [0.25, 0.3) is 0 Å². The van der Waals surface area contributed by atoms with Crippen molar-refractivity contribution in [3.63, 3.8) is 0 Å². The molecular formula is C11H11ClF4N2O3. The van der Waals surface area contributed by atoms with Crippen LogP contribution in [-0.2, 0) is 9.59 Å². The lowest BCUT2D eigenvalue weighted by molar-refractivity contribution is -0.192. The van der Waals surface area contributed by atoms with E-state index in [1.54, 1.807) is 7.05 Å². The average Bonchev–Trinajstić information content (AvgIpc) is 2.33. The lowest BCUT2D eigenvalue weighted by atomic mass is 10.3. The molecule has 118 valence electrons. The molecule has 0 saturated heterocycles. The van der Waals surface area contributed by atoms with Crippen LogP contribution in [0, 0.1) is 5.82 Å². The standard InChI is InChI=1S/C9H10ClFN2O.C2HF3O2/c1-12-5-9(14)13-8-4-6(11)2-3-7(8)10;3-2(4,5)1(6)7/h2-4,12H,5H2,1H3,(H,13,14);(H,6,7). The molecule has 0 aliphatic rings. The van der Waals surface area contributed by atoms with Crippen LogP contribution in [0.1, 0.15) is 0 Å². The second-order valence-electron chi connectivity index (χ2n) is 3.51. The first-order valence-corrected chi connectivity index (χ1v) is 5.65. The number of anilines is 1. The molecule has 0 radical (unpaired) electrons. The summed E-state index contributed by atoms with van der Waals surface area (Å²) >= 11 is 5.74. The molecule has 0 fully saturated rings. The van der Waals surface area contributed by atoms with Crippen LogP contribution < -0.4 is 10.6 Å². The van der Waals surface area contributed by atoms with E-state index >= 15 is 0 Å². The predicted molar refractivity (Wildman–Crippen MR) is 67.7 cm³/mol. The van der Waals surface area contributed by atoms with Gasteiger partial charge >= 0.3 is 12.1 Å².